The lowest BCUT2D eigenvalue weighted by Crippen LogP contribution is -2.15. The van der Waals surface area contributed by atoms with E-state index >= 15 is 0 Å². The van der Waals surface area contributed by atoms with Crippen LogP contribution in [-0.2, 0) is 6.42 Å². The SMILES string of the molecule is CCSc1cccc(F)c1-c1nc2c(s1)C(N)CCC2. The van der Waals surface area contributed by atoms with Gasteiger partial charge in [0.1, 0.15) is 10.8 Å². The van der Waals surface area contributed by atoms with Crippen molar-refractivity contribution in [3.63, 3.8) is 0 Å². The van der Waals surface area contributed by atoms with E-state index in [1.165, 1.54) is 6.07 Å². The number of aryl methyl sites for hydroxylation is 1. The van der Waals surface area contributed by atoms with Gasteiger partial charge in [-0.2, -0.15) is 0 Å². The molecule has 1 aliphatic carbocycles. The lowest BCUT2D eigenvalue weighted by Gasteiger charge is -2.15. The maximum absolute atomic E-state index is 14.2. The lowest BCUT2D eigenvalue weighted by molar-refractivity contribution is 0.573. The standard InChI is InChI=1S/C15H17FN2S2/c1-2-19-12-8-3-5-9(16)13(12)15-18-11-7-4-6-10(17)14(11)20-15/h3,5,8,10H,2,4,6-7,17H2,1H3. The maximum atomic E-state index is 14.2. The van der Waals surface area contributed by atoms with E-state index in [1.807, 2.05) is 6.07 Å². The van der Waals surface area contributed by atoms with Crippen molar-refractivity contribution in [1.82, 2.24) is 4.98 Å². The highest BCUT2D eigenvalue weighted by Gasteiger charge is 2.24. The largest absolute Gasteiger partial charge is 0.323 e. The highest BCUT2D eigenvalue weighted by Crippen LogP contribution is 2.40. The number of nitrogens with two attached hydrogens (primary N) is 1. The van der Waals surface area contributed by atoms with Crippen LogP contribution in [0, 0.1) is 5.82 Å². The second kappa shape index (κ2) is 5.84. The van der Waals surface area contributed by atoms with Crippen molar-refractivity contribution in [1.29, 1.82) is 0 Å². The molecule has 106 valence electrons. The molecular formula is C15H17FN2S2. The van der Waals surface area contributed by atoms with Gasteiger partial charge in [0.05, 0.1) is 11.3 Å². The van der Waals surface area contributed by atoms with Gasteiger partial charge >= 0.3 is 0 Å². The Kier molecular flexibility index (Phi) is 4.10. The molecule has 0 saturated carbocycles. The Morgan fingerprint density at radius 3 is 3.10 bits per heavy atom. The molecule has 0 amide bonds. The van der Waals surface area contributed by atoms with Gasteiger partial charge in [-0.25, -0.2) is 9.37 Å². The first kappa shape index (κ1) is 14.0. The quantitative estimate of drug-likeness (QED) is 0.854. The van der Waals surface area contributed by atoms with Crippen molar-refractivity contribution >= 4 is 23.1 Å². The second-order valence-corrected chi connectivity index (χ2v) is 7.21. The summed E-state index contributed by atoms with van der Waals surface area (Å²) in [6.07, 6.45) is 3.04. The average Bonchev–Trinajstić information content (AvgIpc) is 2.84. The van der Waals surface area contributed by atoms with Gasteiger partial charge in [0.15, 0.2) is 0 Å². The molecule has 1 aliphatic rings. The molecule has 1 atom stereocenters. The van der Waals surface area contributed by atoms with E-state index in [1.54, 1.807) is 29.2 Å². The van der Waals surface area contributed by atoms with Crippen LogP contribution < -0.4 is 5.73 Å². The van der Waals surface area contributed by atoms with E-state index in [-0.39, 0.29) is 11.9 Å². The smallest absolute Gasteiger partial charge is 0.134 e. The fourth-order valence-electron chi connectivity index (χ4n) is 2.55. The van der Waals surface area contributed by atoms with Crippen molar-refractivity contribution in [3.8, 4) is 10.6 Å². The topological polar surface area (TPSA) is 38.9 Å². The van der Waals surface area contributed by atoms with E-state index in [2.05, 4.69) is 11.9 Å². The number of thiazole rings is 1. The van der Waals surface area contributed by atoms with Gasteiger partial charge in [-0.1, -0.05) is 13.0 Å². The van der Waals surface area contributed by atoms with E-state index < -0.39 is 0 Å². The van der Waals surface area contributed by atoms with Gasteiger partial charge in [-0.05, 0) is 37.1 Å². The molecule has 1 aromatic carbocycles. The molecular weight excluding hydrogens is 291 g/mol. The van der Waals surface area contributed by atoms with Gasteiger partial charge in [0, 0.05) is 15.8 Å². The third-order valence-electron chi connectivity index (χ3n) is 3.48. The third kappa shape index (κ3) is 2.50. The molecule has 1 unspecified atom stereocenters. The summed E-state index contributed by atoms with van der Waals surface area (Å²) in [5.41, 5.74) is 7.86. The Hall–Kier alpha value is -0.910. The van der Waals surface area contributed by atoms with Crippen LogP contribution in [0.2, 0.25) is 0 Å². The highest BCUT2D eigenvalue weighted by atomic mass is 32.2. The van der Waals surface area contributed by atoms with E-state index in [0.717, 1.165) is 45.5 Å². The number of rotatable bonds is 3. The summed E-state index contributed by atoms with van der Waals surface area (Å²) in [4.78, 5) is 6.77. The predicted molar refractivity (Wildman–Crippen MR) is 83.8 cm³/mol. The summed E-state index contributed by atoms with van der Waals surface area (Å²) in [5.74, 6) is 0.726. The fraction of sp³-hybridized carbons (Fsp3) is 0.400. The number of benzene rings is 1. The summed E-state index contributed by atoms with van der Waals surface area (Å²) in [6, 6.07) is 5.30. The predicted octanol–water partition coefficient (Wildman–Crippen LogP) is 4.40. The molecule has 0 fully saturated rings. The van der Waals surface area contributed by atoms with Crippen molar-refractivity contribution in [2.24, 2.45) is 5.73 Å². The summed E-state index contributed by atoms with van der Waals surface area (Å²) in [7, 11) is 0. The molecule has 0 radical (unpaired) electrons. The monoisotopic (exact) mass is 308 g/mol. The van der Waals surface area contributed by atoms with Crippen LogP contribution in [0.25, 0.3) is 10.6 Å². The number of aromatic nitrogens is 1. The van der Waals surface area contributed by atoms with Crippen molar-refractivity contribution in [3.05, 3.63) is 34.6 Å². The van der Waals surface area contributed by atoms with Crippen molar-refractivity contribution < 1.29 is 4.39 Å². The minimum absolute atomic E-state index is 0.0686. The number of nitrogens with zero attached hydrogens (tertiary/aromatic N) is 1. The van der Waals surface area contributed by atoms with Crippen LogP contribution in [0.5, 0.6) is 0 Å². The average molecular weight is 308 g/mol. The van der Waals surface area contributed by atoms with Crippen LogP contribution in [0.3, 0.4) is 0 Å². The Bertz CT molecular complexity index is 624. The molecule has 0 bridgehead atoms. The van der Waals surface area contributed by atoms with Gasteiger partial charge in [-0.15, -0.1) is 23.1 Å². The second-order valence-electron chi connectivity index (χ2n) is 4.87. The number of thioether (sulfide) groups is 1. The van der Waals surface area contributed by atoms with Crippen molar-refractivity contribution in [2.45, 2.75) is 37.1 Å². The molecule has 2 aromatic rings. The molecule has 1 aromatic heterocycles. The van der Waals surface area contributed by atoms with Crippen LogP contribution in [0.15, 0.2) is 23.1 Å². The first-order chi connectivity index (χ1) is 9.70. The Morgan fingerprint density at radius 2 is 2.35 bits per heavy atom. The van der Waals surface area contributed by atoms with E-state index in [9.17, 15) is 4.39 Å². The van der Waals surface area contributed by atoms with Gasteiger partial charge in [-0.3, -0.25) is 0 Å². The molecule has 0 aliphatic heterocycles. The normalized spacial score (nSPS) is 18.1. The van der Waals surface area contributed by atoms with Crippen molar-refractivity contribution in [2.75, 3.05) is 5.75 Å². The highest BCUT2D eigenvalue weighted by molar-refractivity contribution is 7.99. The molecule has 3 rings (SSSR count). The number of fused-ring (bicyclic) bond motifs is 1. The van der Waals surface area contributed by atoms with Crippen LogP contribution in [0.1, 0.15) is 36.4 Å². The van der Waals surface area contributed by atoms with Crippen LogP contribution >= 0.6 is 23.1 Å². The van der Waals surface area contributed by atoms with Gasteiger partial charge in [0.2, 0.25) is 0 Å². The Morgan fingerprint density at radius 1 is 1.50 bits per heavy atom. The number of hydrogen-bond acceptors (Lipinski definition) is 4. The zero-order valence-electron chi connectivity index (χ0n) is 11.4. The molecule has 20 heavy (non-hydrogen) atoms. The number of halogens is 1. The zero-order valence-corrected chi connectivity index (χ0v) is 13.0. The maximum Gasteiger partial charge on any atom is 0.134 e. The van der Waals surface area contributed by atoms with Gasteiger partial charge in [0.25, 0.3) is 0 Å². The molecule has 5 heteroatoms. The summed E-state index contributed by atoms with van der Waals surface area (Å²) >= 11 is 3.21. The number of hydrogen-bond donors (Lipinski definition) is 1. The summed E-state index contributed by atoms with van der Waals surface area (Å²) < 4.78 is 14.2. The van der Waals surface area contributed by atoms with Gasteiger partial charge < -0.3 is 5.73 Å². The first-order valence-electron chi connectivity index (χ1n) is 6.87. The van der Waals surface area contributed by atoms with E-state index in [0.29, 0.717) is 5.56 Å². The lowest BCUT2D eigenvalue weighted by atomic mass is 9.99. The van der Waals surface area contributed by atoms with Crippen LogP contribution in [-0.4, -0.2) is 10.7 Å². The molecule has 0 spiro atoms. The molecule has 0 saturated heterocycles. The van der Waals surface area contributed by atoms with Crippen LogP contribution in [0.4, 0.5) is 4.39 Å². The summed E-state index contributed by atoms with van der Waals surface area (Å²) in [5, 5.41) is 0.779. The third-order valence-corrected chi connectivity index (χ3v) is 5.67. The molecule has 2 nitrogen and oxygen atoms in total. The minimum atomic E-state index is -0.192. The fourth-order valence-corrected chi connectivity index (χ4v) is 4.64. The Balaban J connectivity index is 2.09. The first-order valence-corrected chi connectivity index (χ1v) is 8.67. The molecule has 1 heterocycles. The van der Waals surface area contributed by atoms with E-state index in [4.69, 9.17) is 5.73 Å². The zero-order chi connectivity index (χ0) is 14.1. The Labute approximate surface area is 126 Å². The minimum Gasteiger partial charge on any atom is -0.323 e. The molecule has 2 N–H and O–H groups in total. The summed E-state index contributed by atoms with van der Waals surface area (Å²) in [6.45, 7) is 2.07.